The minimum Gasteiger partial charge on any atom is -0.494 e. The number of thioether (sulfide) groups is 1. The Morgan fingerprint density at radius 1 is 0.906 bits per heavy atom. The fourth-order valence-corrected chi connectivity index (χ4v) is 3.69. The number of rotatable bonds is 9. The van der Waals surface area contributed by atoms with Gasteiger partial charge in [0.15, 0.2) is 11.5 Å². The van der Waals surface area contributed by atoms with Crippen molar-refractivity contribution < 1.29 is 14.3 Å². The summed E-state index contributed by atoms with van der Waals surface area (Å²) in [5.74, 6) is 2.31. The highest BCUT2D eigenvalue weighted by Crippen LogP contribution is 2.23. The van der Waals surface area contributed by atoms with Crippen LogP contribution in [0.4, 0.5) is 5.69 Å². The second kappa shape index (κ2) is 10.1. The van der Waals surface area contributed by atoms with Crippen molar-refractivity contribution in [1.82, 2.24) is 19.8 Å². The number of carbonyl (C=O) groups is 1. The number of aromatic nitrogens is 4. The predicted molar refractivity (Wildman–Crippen MR) is 124 cm³/mol. The summed E-state index contributed by atoms with van der Waals surface area (Å²) in [7, 11) is 0. The van der Waals surface area contributed by atoms with Gasteiger partial charge in [-0.25, -0.2) is 0 Å². The Labute approximate surface area is 190 Å². The first-order valence-electron chi connectivity index (χ1n) is 10.3. The SMILES string of the molecule is CCOc1ccc(NC(=O)CSc2ccc3nnc(-c4ccc(OCC)cc4)n3n2)cc1. The van der Waals surface area contributed by atoms with Crippen molar-refractivity contribution in [3.05, 3.63) is 60.7 Å². The first kappa shape index (κ1) is 21.6. The third-order valence-corrected chi connectivity index (χ3v) is 5.38. The van der Waals surface area contributed by atoms with Gasteiger partial charge in [0, 0.05) is 11.3 Å². The molecule has 2 aromatic carbocycles. The molecule has 0 aliphatic heterocycles. The predicted octanol–water partition coefficient (Wildman–Crippen LogP) is 4.32. The van der Waals surface area contributed by atoms with Crippen LogP contribution in [-0.4, -0.2) is 44.7 Å². The van der Waals surface area contributed by atoms with Crippen LogP contribution in [0.1, 0.15) is 13.8 Å². The Morgan fingerprint density at radius 3 is 2.22 bits per heavy atom. The van der Waals surface area contributed by atoms with Crippen molar-refractivity contribution in [2.45, 2.75) is 18.9 Å². The van der Waals surface area contributed by atoms with Gasteiger partial charge in [-0.2, -0.15) is 9.61 Å². The summed E-state index contributed by atoms with van der Waals surface area (Å²) in [6.07, 6.45) is 0. The van der Waals surface area contributed by atoms with Gasteiger partial charge in [0.25, 0.3) is 0 Å². The van der Waals surface area contributed by atoms with Crippen molar-refractivity contribution in [3.8, 4) is 22.9 Å². The molecule has 0 spiro atoms. The molecular formula is C23H23N5O3S. The number of carbonyl (C=O) groups excluding carboxylic acids is 1. The van der Waals surface area contributed by atoms with Gasteiger partial charge in [-0.05, 0) is 74.5 Å². The largest absolute Gasteiger partial charge is 0.494 e. The second-order valence-corrected chi connectivity index (χ2v) is 7.71. The highest BCUT2D eigenvalue weighted by Gasteiger charge is 2.12. The normalized spacial score (nSPS) is 10.8. The monoisotopic (exact) mass is 449 g/mol. The topological polar surface area (TPSA) is 90.6 Å². The highest BCUT2D eigenvalue weighted by molar-refractivity contribution is 7.99. The molecule has 0 saturated heterocycles. The molecule has 2 aromatic heterocycles. The van der Waals surface area contributed by atoms with Crippen LogP contribution in [0.2, 0.25) is 0 Å². The van der Waals surface area contributed by atoms with Crippen LogP contribution in [-0.2, 0) is 4.79 Å². The number of hydrogen-bond donors (Lipinski definition) is 1. The van der Waals surface area contributed by atoms with Crippen molar-refractivity contribution in [3.63, 3.8) is 0 Å². The van der Waals surface area contributed by atoms with E-state index in [1.807, 2.05) is 74.5 Å². The van der Waals surface area contributed by atoms with Crippen LogP contribution in [0.5, 0.6) is 11.5 Å². The quantitative estimate of drug-likeness (QED) is 0.381. The Morgan fingerprint density at radius 2 is 1.56 bits per heavy atom. The molecule has 4 rings (SSSR count). The Balaban J connectivity index is 1.42. The fraction of sp³-hybridized carbons (Fsp3) is 0.217. The number of nitrogens with one attached hydrogen (secondary N) is 1. The Kier molecular flexibility index (Phi) is 6.86. The smallest absolute Gasteiger partial charge is 0.234 e. The lowest BCUT2D eigenvalue weighted by molar-refractivity contribution is -0.113. The molecule has 2 heterocycles. The Hall–Kier alpha value is -3.59. The first-order chi connectivity index (χ1) is 15.7. The summed E-state index contributed by atoms with van der Waals surface area (Å²) in [5.41, 5.74) is 2.24. The number of benzene rings is 2. The van der Waals surface area contributed by atoms with Crippen molar-refractivity contribution in [2.75, 3.05) is 24.3 Å². The van der Waals surface area contributed by atoms with E-state index in [0.29, 0.717) is 29.7 Å². The maximum atomic E-state index is 12.3. The lowest BCUT2D eigenvalue weighted by atomic mass is 10.2. The van der Waals surface area contributed by atoms with Crippen molar-refractivity contribution in [1.29, 1.82) is 0 Å². The van der Waals surface area contributed by atoms with E-state index in [2.05, 4.69) is 20.6 Å². The van der Waals surface area contributed by atoms with Gasteiger partial charge >= 0.3 is 0 Å². The number of ether oxygens (including phenoxy) is 2. The summed E-state index contributed by atoms with van der Waals surface area (Å²) in [5, 5.41) is 16.6. The van der Waals surface area contributed by atoms with Gasteiger partial charge in [-0.15, -0.1) is 10.2 Å². The molecule has 1 amide bonds. The number of hydrogen-bond acceptors (Lipinski definition) is 7. The average Bonchev–Trinajstić information content (AvgIpc) is 3.23. The third kappa shape index (κ3) is 5.17. The minimum absolute atomic E-state index is 0.114. The molecule has 0 radical (unpaired) electrons. The summed E-state index contributed by atoms with van der Waals surface area (Å²) < 4.78 is 12.6. The maximum Gasteiger partial charge on any atom is 0.234 e. The standard InChI is InChI=1S/C23H23N5O3S/c1-3-30-18-9-5-16(6-10-18)23-26-25-20-13-14-22(27-28(20)23)32-15-21(29)24-17-7-11-19(12-8-17)31-4-2/h5-14H,3-4,15H2,1-2H3,(H,24,29). The third-order valence-electron chi connectivity index (χ3n) is 4.46. The molecule has 0 fully saturated rings. The lowest BCUT2D eigenvalue weighted by Gasteiger charge is -2.07. The molecule has 0 atom stereocenters. The van der Waals surface area contributed by atoms with Gasteiger partial charge in [0.1, 0.15) is 16.5 Å². The van der Waals surface area contributed by atoms with Gasteiger partial charge in [0.05, 0.1) is 19.0 Å². The van der Waals surface area contributed by atoms with E-state index < -0.39 is 0 Å². The lowest BCUT2D eigenvalue weighted by Crippen LogP contribution is -2.14. The zero-order chi connectivity index (χ0) is 22.3. The van der Waals surface area contributed by atoms with Crippen molar-refractivity contribution >= 4 is 29.0 Å². The number of anilines is 1. The van der Waals surface area contributed by atoms with Gasteiger partial charge < -0.3 is 14.8 Å². The minimum atomic E-state index is -0.114. The van der Waals surface area contributed by atoms with E-state index in [9.17, 15) is 4.79 Å². The van der Waals surface area contributed by atoms with Crippen LogP contribution in [0, 0.1) is 0 Å². The molecule has 0 aliphatic carbocycles. The molecule has 0 bridgehead atoms. The van der Waals surface area contributed by atoms with E-state index in [0.717, 1.165) is 22.7 Å². The van der Waals surface area contributed by atoms with Gasteiger partial charge in [0.2, 0.25) is 5.91 Å². The summed E-state index contributed by atoms with van der Waals surface area (Å²) >= 11 is 1.35. The number of fused-ring (bicyclic) bond motifs is 1. The molecule has 0 saturated carbocycles. The van der Waals surface area contributed by atoms with E-state index in [-0.39, 0.29) is 11.7 Å². The zero-order valence-electron chi connectivity index (χ0n) is 17.8. The van der Waals surface area contributed by atoms with Crippen molar-refractivity contribution in [2.24, 2.45) is 0 Å². The van der Waals surface area contributed by atoms with Crippen LogP contribution in [0.25, 0.3) is 17.0 Å². The first-order valence-corrected chi connectivity index (χ1v) is 11.3. The summed E-state index contributed by atoms with van der Waals surface area (Å²) in [4.78, 5) is 12.3. The molecule has 4 aromatic rings. The van der Waals surface area contributed by atoms with E-state index in [4.69, 9.17) is 9.47 Å². The summed E-state index contributed by atoms with van der Waals surface area (Å²) in [6.45, 7) is 5.09. The van der Waals surface area contributed by atoms with E-state index in [1.165, 1.54) is 11.8 Å². The van der Waals surface area contributed by atoms with Gasteiger partial charge in [-0.3, -0.25) is 4.79 Å². The molecule has 1 N–H and O–H groups in total. The van der Waals surface area contributed by atoms with Crippen LogP contribution < -0.4 is 14.8 Å². The maximum absolute atomic E-state index is 12.3. The van der Waals surface area contributed by atoms with Gasteiger partial charge in [-0.1, -0.05) is 11.8 Å². The molecular weight excluding hydrogens is 426 g/mol. The van der Waals surface area contributed by atoms with E-state index in [1.54, 1.807) is 4.52 Å². The Bertz CT molecular complexity index is 1190. The van der Waals surface area contributed by atoms with E-state index >= 15 is 0 Å². The highest BCUT2D eigenvalue weighted by atomic mass is 32.2. The fourth-order valence-electron chi connectivity index (χ4n) is 3.03. The molecule has 164 valence electrons. The molecule has 9 heteroatoms. The molecule has 0 unspecified atom stereocenters. The molecule has 8 nitrogen and oxygen atoms in total. The summed E-state index contributed by atoms with van der Waals surface area (Å²) in [6, 6.07) is 18.6. The number of nitrogens with zero attached hydrogens (tertiary/aromatic N) is 4. The van der Waals surface area contributed by atoms with Crippen LogP contribution >= 0.6 is 11.8 Å². The zero-order valence-corrected chi connectivity index (χ0v) is 18.6. The average molecular weight is 450 g/mol. The second-order valence-electron chi connectivity index (χ2n) is 6.72. The molecule has 32 heavy (non-hydrogen) atoms. The molecule has 0 aliphatic rings. The van der Waals surface area contributed by atoms with Crippen LogP contribution in [0.3, 0.4) is 0 Å². The number of amides is 1. The van der Waals surface area contributed by atoms with Crippen LogP contribution in [0.15, 0.2) is 65.7 Å².